The maximum Gasteiger partial charge on any atom is 0.451 e. The largest absolute Gasteiger partial charge is 0.451 e. The molecule has 0 saturated heterocycles. The molecule has 1 aromatic heterocycles. The molecule has 0 radical (unpaired) electrons. The number of carbonyl (C=O) groups is 2. The Balaban J connectivity index is 2.07. The Morgan fingerprint density at radius 2 is 1.92 bits per heavy atom. The zero-order valence-electron chi connectivity index (χ0n) is 12.8. The van der Waals surface area contributed by atoms with Gasteiger partial charge in [-0.1, -0.05) is 23.7 Å². The quantitative estimate of drug-likeness (QED) is 0.748. The SMILES string of the molecule is CC(=O)NC(CC(=O)Nc1n[nH]c(C(F)(F)F)n1)c1ccc(Cl)cc1. The number of nitrogens with one attached hydrogen (secondary N) is 3. The van der Waals surface area contributed by atoms with Crippen molar-refractivity contribution in [3.05, 3.63) is 40.7 Å². The molecule has 0 spiro atoms. The molecule has 0 aliphatic rings. The van der Waals surface area contributed by atoms with E-state index in [0.717, 1.165) is 0 Å². The van der Waals surface area contributed by atoms with Gasteiger partial charge in [0.05, 0.1) is 12.5 Å². The van der Waals surface area contributed by atoms with Gasteiger partial charge >= 0.3 is 6.18 Å². The first-order chi connectivity index (χ1) is 11.6. The highest BCUT2D eigenvalue weighted by Crippen LogP contribution is 2.26. The minimum Gasteiger partial charge on any atom is -0.349 e. The molecule has 25 heavy (non-hydrogen) atoms. The van der Waals surface area contributed by atoms with Crippen LogP contribution >= 0.6 is 11.6 Å². The van der Waals surface area contributed by atoms with E-state index in [0.29, 0.717) is 10.6 Å². The Kier molecular flexibility index (Phi) is 5.62. The van der Waals surface area contributed by atoms with Gasteiger partial charge in [-0.15, -0.1) is 5.10 Å². The second kappa shape index (κ2) is 7.51. The summed E-state index contributed by atoms with van der Waals surface area (Å²) in [5, 5.41) is 10.2. The molecule has 0 aliphatic carbocycles. The maximum absolute atomic E-state index is 12.4. The van der Waals surface area contributed by atoms with Crippen LogP contribution in [0.2, 0.25) is 5.02 Å². The van der Waals surface area contributed by atoms with Crippen LogP contribution in [-0.2, 0) is 15.8 Å². The number of amides is 2. The maximum atomic E-state index is 12.4. The number of carbonyl (C=O) groups excluding carboxylic acids is 2. The minimum absolute atomic E-state index is 0.225. The van der Waals surface area contributed by atoms with Crippen LogP contribution in [0.1, 0.15) is 30.8 Å². The van der Waals surface area contributed by atoms with E-state index in [2.05, 4.69) is 20.7 Å². The first-order valence-corrected chi connectivity index (χ1v) is 7.35. The molecule has 3 N–H and O–H groups in total. The van der Waals surface area contributed by atoms with Crippen LogP contribution in [0, 0.1) is 0 Å². The van der Waals surface area contributed by atoms with Gasteiger partial charge in [-0.2, -0.15) is 18.2 Å². The molecular formula is C14H13ClF3N5O2. The summed E-state index contributed by atoms with van der Waals surface area (Å²) in [6.07, 6.45) is -4.92. The van der Waals surface area contributed by atoms with Gasteiger partial charge < -0.3 is 5.32 Å². The lowest BCUT2D eigenvalue weighted by atomic mass is 10.0. The molecule has 11 heteroatoms. The van der Waals surface area contributed by atoms with Gasteiger partial charge in [0.25, 0.3) is 0 Å². The van der Waals surface area contributed by atoms with Crippen LogP contribution in [-0.4, -0.2) is 27.0 Å². The molecule has 1 unspecified atom stereocenters. The van der Waals surface area contributed by atoms with Crippen molar-refractivity contribution in [3.63, 3.8) is 0 Å². The minimum atomic E-state index is -4.70. The van der Waals surface area contributed by atoms with E-state index >= 15 is 0 Å². The van der Waals surface area contributed by atoms with E-state index in [4.69, 9.17) is 11.6 Å². The fourth-order valence-corrected chi connectivity index (χ4v) is 2.12. The van der Waals surface area contributed by atoms with Crippen molar-refractivity contribution >= 4 is 29.4 Å². The van der Waals surface area contributed by atoms with Crippen LogP contribution in [0.4, 0.5) is 19.1 Å². The smallest absolute Gasteiger partial charge is 0.349 e. The van der Waals surface area contributed by atoms with E-state index in [9.17, 15) is 22.8 Å². The Bertz CT molecular complexity index is 761. The highest BCUT2D eigenvalue weighted by Gasteiger charge is 2.35. The van der Waals surface area contributed by atoms with Crippen molar-refractivity contribution in [1.29, 1.82) is 0 Å². The van der Waals surface area contributed by atoms with Gasteiger partial charge in [0.15, 0.2) is 0 Å². The van der Waals surface area contributed by atoms with Crippen LogP contribution in [0.3, 0.4) is 0 Å². The normalized spacial score (nSPS) is 12.5. The molecule has 0 saturated carbocycles. The Hall–Kier alpha value is -2.62. The first-order valence-electron chi connectivity index (χ1n) is 6.97. The second-order valence-electron chi connectivity index (χ2n) is 5.06. The number of aromatic nitrogens is 3. The second-order valence-corrected chi connectivity index (χ2v) is 5.50. The standard InChI is InChI=1S/C14H13ClF3N5O2/c1-7(24)19-10(8-2-4-9(15)5-3-8)6-11(25)20-13-21-12(22-23-13)14(16,17)18/h2-5,10H,6H2,1H3,(H,19,24)(H2,20,21,22,23,25). The number of halogens is 4. The van der Waals surface area contributed by atoms with Crippen molar-refractivity contribution < 1.29 is 22.8 Å². The fraction of sp³-hybridized carbons (Fsp3) is 0.286. The number of hydrogen-bond donors (Lipinski definition) is 3. The summed E-state index contributed by atoms with van der Waals surface area (Å²) in [4.78, 5) is 26.5. The van der Waals surface area contributed by atoms with E-state index < -0.39 is 29.9 Å². The van der Waals surface area contributed by atoms with E-state index in [1.807, 2.05) is 0 Å². The third-order valence-electron chi connectivity index (χ3n) is 3.04. The molecule has 7 nitrogen and oxygen atoms in total. The molecule has 134 valence electrons. The zero-order valence-corrected chi connectivity index (χ0v) is 13.6. The Morgan fingerprint density at radius 3 is 2.44 bits per heavy atom. The number of alkyl halides is 3. The highest BCUT2D eigenvalue weighted by atomic mass is 35.5. The molecule has 1 aromatic carbocycles. The number of nitrogens with zero attached hydrogens (tertiary/aromatic N) is 2. The summed E-state index contributed by atoms with van der Waals surface area (Å²) in [6, 6.07) is 5.76. The lowest BCUT2D eigenvalue weighted by molar-refractivity contribution is -0.144. The molecule has 1 heterocycles. The average molecular weight is 376 g/mol. The van der Waals surface area contributed by atoms with Crippen LogP contribution in [0.5, 0.6) is 0 Å². The molecular weight excluding hydrogens is 363 g/mol. The van der Waals surface area contributed by atoms with Crippen molar-refractivity contribution in [2.75, 3.05) is 5.32 Å². The summed E-state index contributed by atoms with van der Waals surface area (Å²) >= 11 is 5.80. The van der Waals surface area contributed by atoms with Gasteiger partial charge in [0.2, 0.25) is 23.6 Å². The van der Waals surface area contributed by atoms with Crippen molar-refractivity contribution in [3.8, 4) is 0 Å². The van der Waals surface area contributed by atoms with Crippen LogP contribution in [0.25, 0.3) is 0 Å². The first kappa shape index (κ1) is 18.7. The van der Waals surface area contributed by atoms with Gasteiger partial charge in [0, 0.05) is 11.9 Å². The average Bonchev–Trinajstić information content (AvgIpc) is 2.95. The van der Waals surface area contributed by atoms with Crippen LogP contribution in [0.15, 0.2) is 24.3 Å². The fourth-order valence-electron chi connectivity index (χ4n) is 2.00. The summed E-state index contributed by atoms with van der Waals surface area (Å²) in [7, 11) is 0. The number of anilines is 1. The van der Waals surface area contributed by atoms with Crippen molar-refractivity contribution in [2.24, 2.45) is 0 Å². The highest BCUT2D eigenvalue weighted by molar-refractivity contribution is 6.30. The predicted octanol–water partition coefficient (Wildman–Crippen LogP) is 2.68. The van der Waals surface area contributed by atoms with Gasteiger partial charge in [-0.05, 0) is 17.7 Å². The summed E-state index contributed by atoms with van der Waals surface area (Å²) in [5.74, 6) is -2.86. The summed E-state index contributed by atoms with van der Waals surface area (Å²) < 4.78 is 37.3. The summed E-state index contributed by atoms with van der Waals surface area (Å²) in [6.45, 7) is 1.28. The number of rotatable bonds is 5. The van der Waals surface area contributed by atoms with Gasteiger partial charge in [-0.3, -0.25) is 20.0 Å². The lowest BCUT2D eigenvalue weighted by Crippen LogP contribution is -2.30. The van der Waals surface area contributed by atoms with E-state index in [1.54, 1.807) is 29.4 Å². The number of aromatic amines is 1. The van der Waals surface area contributed by atoms with Gasteiger partial charge in [-0.25, -0.2) is 0 Å². The molecule has 2 rings (SSSR count). The molecule has 0 bridgehead atoms. The molecule has 2 aromatic rings. The van der Waals surface area contributed by atoms with Gasteiger partial charge in [0.1, 0.15) is 0 Å². The Labute approximate surface area is 145 Å². The topological polar surface area (TPSA) is 99.8 Å². The van der Waals surface area contributed by atoms with Crippen molar-refractivity contribution in [2.45, 2.75) is 25.6 Å². The molecule has 0 fully saturated rings. The van der Waals surface area contributed by atoms with Crippen molar-refractivity contribution in [1.82, 2.24) is 20.5 Å². The predicted molar refractivity (Wildman–Crippen MR) is 82.6 cm³/mol. The number of hydrogen-bond acceptors (Lipinski definition) is 4. The monoisotopic (exact) mass is 375 g/mol. The molecule has 2 amide bonds. The summed E-state index contributed by atoms with van der Waals surface area (Å²) in [5.41, 5.74) is 0.612. The number of H-pyrrole nitrogens is 1. The van der Waals surface area contributed by atoms with E-state index in [1.165, 1.54) is 6.92 Å². The van der Waals surface area contributed by atoms with Crippen LogP contribution < -0.4 is 10.6 Å². The third-order valence-corrected chi connectivity index (χ3v) is 3.30. The molecule has 0 aliphatic heterocycles. The Morgan fingerprint density at radius 1 is 1.28 bits per heavy atom. The molecule has 1 atom stereocenters. The third kappa shape index (κ3) is 5.45. The lowest BCUT2D eigenvalue weighted by Gasteiger charge is -2.17. The van der Waals surface area contributed by atoms with E-state index in [-0.39, 0.29) is 12.3 Å². The zero-order chi connectivity index (χ0) is 18.6. The number of benzene rings is 1.